The molecule has 0 nitrogen and oxygen atoms in total. The zero-order valence-corrected chi connectivity index (χ0v) is 18.9. The quantitative estimate of drug-likeness (QED) is 0.150. The fourth-order valence-electron chi connectivity index (χ4n) is 0.517. The molecule has 0 unspecified atom stereocenters. The highest BCUT2D eigenvalue weighted by molar-refractivity contribution is 14.1. The Morgan fingerprint density at radius 1 is 0.280 bits per heavy atom. The lowest BCUT2D eigenvalue weighted by Crippen LogP contribution is -2.58. The number of halogens is 18. The van der Waals surface area contributed by atoms with Crippen LogP contribution in [0.3, 0.4) is 0 Å². The molecule has 0 aromatic heterocycles. The minimum atomic E-state index is -6.12. The molecule has 0 aliphatic rings. The van der Waals surface area contributed by atoms with E-state index in [4.69, 9.17) is 0 Å². The van der Waals surface area contributed by atoms with Crippen molar-refractivity contribution >= 4 is 90.4 Å². The van der Waals surface area contributed by atoms with Crippen molar-refractivity contribution in [3.8, 4) is 0 Å². The van der Waals surface area contributed by atoms with E-state index in [1.165, 1.54) is 0 Å². The molecule has 0 atom stereocenters. The van der Waals surface area contributed by atoms with Gasteiger partial charge in [-0.05, 0) is 0 Å². The molecule has 0 aromatic rings. The molecule has 0 radical (unpaired) electrons. The van der Waals surface area contributed by atoms with Crippen molar-refractivity contribution < 1.29 is 61.5 Å². The molecule has 25 heavy (non-hydrogen) atoms. The van der Waals surface area contributed by atoms with Crippen LogP contribution in [-0.2, 0) is 0 Å². The average molecular weight is 858 g/mol. The van der Waals surface area contributed by atoms with Crippen molar-refractivity contribution in [1.29, 1.82) is 0 Å². The van der Waals surface area contributed by atoms with E-state index in [1.807, 2.05) is 0 Å². The fourth-order valence-corrected chi connectivity index (χ4v) is 2.39. The van der Waals surface area contributed by atoms with Gasteiger partial charge in [0.05, 0.1) is 0 Å². The summed E-state index contributed by atoms with van der Waals surface area (Å²) in [7, 11) is 0. The van der Waals surface area contributed by atoms with E-state index in [2.05, 4.69) is 0 Å². The third kappa shape index (κ3) is 6.75. The van der Waals surface area contributed by atoms with Crippen molar-refractivity contribution in [1.82, 2.24) is 0 Å². The molecule has 0 N–H and O–H groups in total. The van der Waals surface area contributed by atoms with E-state index in [9.17, 15) is 61.5 Å². The summed E-state index contributed by atoms with van der Waals surface area (Å²) in [5, 5.41) is 0. The molecule has 0 aromatic carbocycles. The first-order chi connectivity index (χ1) is 10.2. The van der Waals surface area contributed by atoms with E-state index in [0.717, 1.165) is 0 Å². The van der Waals surface area contributed by atoms with Gasteiger partial charge < -0.3 is 0 Å². The molecular weight excluding hydrogens is 858 g/mol. The summed E-state index contributed by atoms with van der Waals surface area (Å²) in [5.74, 6) is -17.6. The van der Waals surface area contributed by atoms with Crippen LogP contribution in [0.2, 0.25) is 0 Å². The van der Waals surface area contributed by atoms with Crippen molar-refractivity contribution in [2.45, 2.75) is 33.5 Å². The van der Waals surface area contributed by atoms with E-state index in [-0.39, 0.29) is 90.4 Å². The second kappa shape index (κ2) is 8.36. The fraction of sp³-hybridized carbons (Fsp3) is 1.00. The predicted octanol–water partition coefficient (Wildman–Crippen LogP) is 7.99. The normalized spacial score (nSPS) is 15.6. The van der Waals surface area contributed by atoms with Crippen LogP contribution in [0.1, 0.15) is 0 Å². The van der Waals surface area contributed by atoms with Crippen LogP contribution >= 0.6 is 90.4 Å². The lowest BCUT2D eigenvalue weighted by Gasteiger charge is -2.31. The summed E-state index contributed by atoms with van der Waals surface area (Å²) in [6.07, 6.45) is 0. The molecule has 0 amide bonds. The van der Waals surface area contributed by atoms with E-state index < -0.39 is 33.5 Å². The molecule has 0 aliphatic carbocycles. The molecule has 18 heteroatoms. The lowest BCUT2D eigenvalue weighted by molar-refractivity contribution is -0.312. The van der Waals surface area contributed by atoms with Gasteiger partial charge in [0.25, 0.3) is 0 Å². The van der Waals surface area contributed by atoms with Gasteiger partial charge >= 0.3 is 33.5 Å². The zero-order chi connectivity index (χ0) is 21.5. The van der Waals surface area contributed by atoms with Crippen molar-refractivity contribution in [3.05, 3.63) is 0 Å². The Balaban J connectivity index is 0. The Labute approximate surface area is 183 Å². The monoisotopic (exact) mass is 858 g/mol. The Morgan fingerprint density at radius 3 is 0.440 bits per heavy atom. The van der Waals surface area contributed by atoms with Gasteiger partial charge in [-0.15, -0.1) is 0 Å². The minimum absolute atomic E-state index is 0.0235. The average Bonchev–Trinajstić information content (AvgIpc) is 2.23. The lowest BCUT2D eigenvalue weighted by atomic mass is 10.2. The first kappa shape index (κ1) is 29.1. The predicted molar refractivity (Wildman–Crippen MR) is 90.7 cm³/mol. The summed E-state index contributed by atoms with van der Waals surface area (Å²) in [4.78, 5) is 0. The summed E-state index contributed by atoms with van der Waals surface area (Å²) < 4.78 is 147. The first-order valence-electron chi connectivity index (χ1n) is 4.65. The van der Waals surface area contributed by atoms with Crippen LogP contribution in [-0.4, -0.2) is 33.5 Å². The highest BCUT2D eigenvalue weighted by atomic mass is 127. The van der Waals surface area contributed by atoms with Gasteiger partial charge in [-0.3, -0.25) is 0 Å². The molecule has 0 heterocycles. The molecule has 154 valence electrons. The maximum Gasteiger partial charge on any atom is 0.390 e. The molecule has 0 aliphatic heterocycles. The summed E-state index contributed by atoms with van der Waals surface area (Å²) in [6, 6.07) is 0. The second-order valence-electron chi connectivity index (χ2n) is 3.71. The second-order valence-corrected chi connectivity index (χ2v) is 9.13. The number of rotatable bonds is 5. The van der Waals surface area contributed by atoms with Gasteiger partial charge in [-0.25, -0.2) is 0 Å². The Bertz CT molecular complexity index is 398. The Morgan fingerprint density at radius 2 is 0.400 bits per heavy atom. The van der Waals surface area contributed by atoms with Crippen molar-refractivity contribution in [2.24, 2.45) is 0 Å². The van der Waals surface area contributed by atoms with Crippen LogP contribution in [0.4, 0.5) is 61.5 Å². The molecule has 0 fully saturated rings. The summed E-state index contributed by atoms with van der Waals surface area (Å²) in [6.45, 7) is 0. The van der Waals surface area contributed by atoms with E-state index in [0.29, 0.717) is 0 Å². The van der Waals surface area contributed by atoms with Crippen LogP contribution in [0, 0.1) is 0 Å². The standard InChI is InChI=1S/C4F8I2.C3F6I2/c5-1(6,3(9,10)13)2(7,8)4(11,12)14;4-1(5,2(6,7)10)3(8,9)11. The Hall–Kier alpha value is 1.94. The highest BCUT2D eigenvalue weighted by Gasteiger charge is 2.79. The van der Waals surface area contributed by atoms with Gasteiger partial charge in [0.1, 0.15) is 0 Å². The minimum Gasteiger partial charge on any atom is -0.191 e. The molecule has 0 bridgehead atoms. The third-order valence-corrected chi connectivity index (χ3v) is 4.53. The SMILES string of the molecule is FC(F)(I)C(F)(F)C(F)(F)C(F)(F)I.FC(F)(I)C(F)(F)C(F)(F)I. The largest absolute Gasteiger partial charge is 0.390 e. The topological polar surface area (TPSA) is 0 Å². The smallest absolute Gasteiger partial charge is 0.191 e. The van der Waals surface area contributed by atoms with Gasteiger partial charge in [0, 0.05) is 90.4 Å². The van der Waals surface area contributed by atoms with Gasteiger partial charge in [-0.2, -0.15) is 61.5 Å². The van der Waals surface area contributed by atoms with E-state index in [1.54, 1.807) is 0 Å². The van der Waals surface area contributed by atoms with Gasteiger partial charge in [-0.1, -0.05) is 0 Å². The first-order valence-corrected chi connectivity index (χ1v) is 8.97. The van der Waals surface area contributed by atoms with Gasteiger partial charge in [0.15, 0.2) is 0 Å². The molecular formula is C7F14I4. The maximum atomic E-state index is 12.2. The summed E-state index contributed by atoms with van der Waals surface area (Å²) in [5.41, 5.74) is 0. The maximum absolute atomic E-state index is 12.2. The summed E-state index contributed by atoms with van der Waals surface area (Å²) >= 11 is -0.678. The number of hydrogen-bond donors (Lipinski definition) is 0. The number of alkyl halides is 18. The van der Waals surface area contributed by atoms with Crippen LogP contribution in [0.15, 0.2) is 0 Å². The highest BCUT2D eigenvalue weighted by Crippen LogP contribution is 2.56. The van der Waals surface area contributed by atoms with Crippen LogP contribution < -0.4 is 0 Å². The van der Waals surface area contributed by atoms with Crippen LogP contribution in [0.25, 0.3) is 0 Å². The third-order valence-electron chi connectivity index (χ3n) is 1.82. The van der Waals surface area contributed by atoms with Crippen LogP contribution in [0.5, 0.6) is 0 Å². The molecule has 0 spiro atoms. The van der Waals surface area contributed by atoms with Gasteiger partial charge in [0.2, 0.25) is 0 Å². The number of hydrogen-bond acceptors (Lipinski definition) is 0. The Kier molecular flexibility index (Phi) is 9.74. The molecule has 0 saturated heterocycles. The zero-order valence-electron chi connectivity index (χ0n) is 10.3. The molecule has 0 rings (SSSR count). The van der Waals surface area contributed by atoms with Crippen molar-refractivity contribution in [2.75, 3.05) is 0 Å². The van der Waals surface area contributed by atoms with E-state index >= 15 is 0 Å². The van der Waals surface area contributed by atoms with Crippen molar-refractivity contribution in [3.63, 3.8) is 0 Å². The molecule has 0 saturated carbocycles.